The lowest BCUT2D eigenvalue weighted by atomic mass is 9.96. The molecule has 6 heteroatoms. The number of aryl methyl sites for hydroxylation is 1. The van der Waals surface area contributed by atoms with E-state index in [1.807, 2.05) is 18.2 Å². The van der Waals surface area contributed by atoms with Gasteiger partial charge in [-0.1, -0.05) is 0 Å². The van der Waals surface area contributed by atoms with E-state index in [0.717, 1.165) is 24.1 Å². The highest BCUT2D eigenvalue weighted by Crippen LogP contribution is 2.35. The minimum absolute atomic E-state index is 0.0229. The maximum atomic E-state index is 11.0. The molecular formula is C16H18N2O4. The molecular weight excluding hydrogens is 284 g/mol. The Labute approximate surface area is 128 Å². The fourth-order valence-corrected chi connectivity index (χ4v) is 2.44. The molecule has 1 aromatic heterocycles. The third kappa shape index (κ3) is 2.64. The highest BCUT2D eigenvalue weighted by Gasteiger charge is 2.21. The van der Waals surface area contributed by atoms with Gasteiger partial charge >= 0.3 is 5.97 Å². The average Bonchev–Trinajstić information content (AvgIpc) is 2.85. The molecule has 116 valence electrons. The van der Waals surface area contributed by atoms with Crippen LogP contribution in [0.1, 0.15) is 29.8 Å². The van der Waals surface area contributed by atoms with E-state index in [-0.39, 0.29) is 11.8 Å². The summed E-state index contributed by atoms with van der Waals surface area (Å²) < 4.78 is 12.8. The highest BCUT2D eigenvalue weighted by molar-refractivity contribution is 5.87. The Kier molecular flexibility index (Phi) is 3.75. The van der Waals surface area contributed by atoms with Crippen LogP contribution in [0.3, 0.4) is 0 Å². The van der Waals surface area contributed by atoms with Crippen LogP contribution in [0.5, 0.6) is 11.5 Å². The van der Waals surface area contributed by atoms with Gasteiger partial charge in [-0.25, -0.2) is 4.79 Å². The van der Waals surface area contributed by atoms with Crippen LogP contribution in [0.2, 0.25) is 0 Å². The fraction of sp³-hybridized carbons (Fsp3) is 0.375. The molecule has 1 aromatic carbocycles. The number of carboxylic acids is 1. The molecule has 1 fully saturated rings. The topological polar surface area (TPSA) is 73.6 Å². The molecule has 0 saturated heterocycles. The van der Waals surface area contributed by atoms with Crippen LogP contribution in [0.4, 0.5) is 0 Å². The quantitative estimate of drug-likeness (QED) is 0.919. The number of rotatable bonds is 5. The van der Waals surface area contributed by atoms with Gasteiger partial charge in [0.2, 0.25) is 0 Å². The van der Waals surface area contributed by atoms with Gasteiger partial charge in [-0.2, -0.15) is 5.10 Å². The lowest BCUT2D eigenvalue weighted by molar-refractivity contribution is 0.0689. The van der Waals surface area contributed by atoms with Gasteiger partial charge in [-0.15, -0.1) is 0 Å². The van der Waals surface area contributed by atoms with Gasteiger partial charge in [-0.05, 0) is 43.5 Å². The van der Waals surface area contributed by atoms with E-state index in [1.165, 1.54) is 6.42 Å². The van der Waals surface area contributed by atoms with Crippen molar-refractivity contribution in [1.82, 2.24) is 9.78 Å². The van der Waals surface area contributed by atoms with Gasteiger partial charge < -0.3 is 14.6 Å². The number of methoxy groups -OCH3 is 1. The van der Waals surface area contributed by atoms with Gasteiger partial charge in [0.05, 0.1) is 18.9 Å². The molecule has 0 aliphatic heterocycles. The second kappa shape index (κ2) is 5.71. The van der Waals surface area contributed by atoms with Crippen molar-refractivity contribution in [3.8, 4) is 22.8 Å². The summed E-state index contributed by atoms with van der Waals surface area (Å²) in [5, 5.41) is 13.0. The zero-order valence-electron chi connectivity index (χ0n) is 12.6. The molecule has 2 aromatic rings. The molecule has 0 unspecified atom stereocenters. The van der Waals surface area contributed by atoms with E-state index >= 15 is 0 Å². The van der Waals surface area contributed by atoms with Gasteiger partial charge in [0.25, 0.3) is 0 Å². The van der Waals surface area contributed by atoms with Crippen LogP contribution in [0.25, 0.3) is 11.3 Å². The minimum atomic E-state index is -1.04. The number of nitrogens with zero attached hydrogens (tertiary/aromatic N) is 2. The van der Waals surface area contributed by atoms with Crippen LogP contribution in [0.15, 0.2) is 24.3 Å². The smallest absolute Gasteiger partial charge is 0.356 e. The first kappa shape index (κ1) is 14.4. The Morgan fingerprint density at radius 2 is 2.09 bits per heavy atom. The first-order valence-corrected chi connectivity index (χ1v) is 7.21. The number of hydrogen-bond donors (Lipinski definition) is 1. The molecule has 1 aliphatic rings. The monoisotopic (exact) mass is 302 g/mol. The van der Waals surface area contributed by atoms with Crippen LogP contribution in [-0.2, 0) is 7.05 Å². The van der Waals surface area contributed by atoms with Crippen molar-refractivity contribution in [3.05, 3.63) is 30.0 Å². The number of aromatic carboxylic acids is 1. The summed E-state index contributed by atoms with van der Waals surface area (Å²) in [5.74, 6) is 0.320. The molecule has 3 rings (SSSR count). The predicted molar refractivity (Wildman–Crippen MR) is 80.4 cm³/mol. The van der Waals surface area contributed by atoms with Crippen molar-refractivity contribution in [1.29, 1.82) is 0 Å². The number of aromatic nitrogens is 2. The van der Waals surface area contributed by atoms with Gasteiger partial charge in [0.1, 0.15) is 0 Å². The van der Waals surface area contributed by atoms with E-state index in [2.05, 4.69) is 5.10 Å². The van der Waals surface area contributed by atoms with Crippen LogP contribution >= 0.6 is 0 Å². The van der Waals surface area contributed by atoms with E-state index in [1.54, 1.807) is 24.9 Å². The van der Waals surface area contributed by atoms with Crippen molar-refractivity contribution in [2.24, 2.45) is 7.05 Å². The number of ether oxygens (including phenoxy) is 2. The van der Waals surface area contributed by atoms with E-state index < -0.39 is 5.97 Å². The minimum Gasteiger partial charge on any atom is -0.493 e. The van der Waals surface area contributed by atoms with Gasteiger partial charge in [0.15, 0.2) is 17.2 Å². The molecule has 1 N–H and O–H groups in total. The van der Waals surface area contributed by atoms with Crippen LogP contribution < -0.4 is 9.47 Å². The Bertz CT molecular complexity index is 704. The van der Waals surface area contributed by atoms with Crippen molar-refractivity contribution in [3.63, 3.8) is 0 Å². The second-order valence-corrected chi connectivity index (χ2v) is 5.38. The molecule has 1 heterocycles. The van der Waals surface area contributed by atoms with Crippen molar-refractivity contribution < 1.29 is 19.4 Å². The Hall–Kier alpha value is -2.50. The molecule has 1 aliphatic carbocycles. The summed E-state index contributed by atoms with van der Waals surface area (Å²) in [4.78, 5) is 11.0. The summed E-state index contributed by atoms with van der Waals surface area (Å²) in [6.07, 6.45) is 3.55. The standard InChI is InChI=1S/C16H18N2O4/c1-18-13(9-12(17-18)16(19)20)10-6-7-14(21-2)15(8-10)22-11-4-3-5-11/h6-9,11H,3-5H2,1-2H3,(H,19,20). The summed E-state index contributed by atoms with van der Waals surface area (Å²) >= 11 is 0. The fourth-order valence-electron chi connectivity index (χ4n) is 2.44. The molecule has 0 spiro atoms. The number of carbonyl (C=O) groups is 1. The highest BCUT2D eigenvalue weighted by atomic mass is 16.5. The van der Waals surface area contributed by atoms with Crippen molar-refractivity contribution in [2.75, 3.05) is 7.11 Å². The van der Waals surface area contributed by atoms with E-state index in [9.17, 15) is 4.79 Å². The lowest BCUT2D eigenvalue weighted by Gasteiger charge is -2.27. The molecule has 0 radical (unpaired) electrons. The number of hydrogen-bond acceptors (Lipinski definition) is 4. The molecule has 0 amide bonds. The molecule has 6 nitrogen and oxygen atoms in total. The number of carboxylic acid groups (broad SMARTS) is 1. The molecule has 1 saturated carbocycles. The SMILES string of the molecule is COc1ccc(-c2cc(C(=O)O)nn2C)cc1OC1CCC1. The normalized spacial score (nSPS) is 14.5. The largest absolute Gasteiger partial charge is 0.493 e. The molecule has 0 bridgehead atoms. The maximum absolute atomic E-state index is 11.0. The summed E-state index contributed by atoms with van der Waals surface area (Å²) in [6.45, 7) is 0. The van der Waals surface area contributed by atoms with Crippen molar-refractivity contribution in [2.45, 2.75) is 25.4 Å². The summed E-state index contributed by atoms with van der Waals surface area (Å²) in [5.41, 5.74) is 1.59. The van der Waals surface area contributed by atoms with E-state index in [4.69, 9.17) is 14.6 Å². The third-order valence-corrected chi connectivity index (χ3v) is 3.90. The predicted octanol–water partition coefficient (Wildman–Crippen LogP) is 2.73. The van der Waals surface area contributed by atoms with Gasteiger partial charge in [-0.3, -0.25) is 4.68 Å². The first-order valence-electron chi connectivity index (χ1n) is 7.21. The Balaban J connectivity index is 1.96. The molecule has 22 heavy (non-hydrogen) atoms. The van der Waals surface area contributed by atoms with Gasteiger partial charge in [0, 0.05) is 12.6 Å². The molecule has 0 atom stereocenters. The van der Waals surface area contributed by atoms with Crippen LogP contribution in [0, 0.1) is 0 Å². The zero-order chi connectivity index (χ0) is 15.7. The second-order valence-electron chi connectivity index (χ2n) is 5.38. The first-order chi connectivity index (χ1) is 10.6. The maximum Gasteiger partial charge on any atom is 0.356 e. The Morgan fingerprint density at radius 1 is 1.32 bits per heavy atom. The zero-order valence-corrected chi connectivity index (χ0v) is 12.6. The third-order valence-electron chi connectivity index (χ3n) is 3.90. The summed E-state index contributed by atoms with van der Waals surface area (Å²) in [7, 11) is 3.33. The Morgan fingerprint density at radius 3 is 2.64 bits per heavy atom. The van der Waals surface area contributed by atoms with Crippen molar-refractivity contribution >= 4 is 5.97 Å². The van der Waals surface area contributed by atoms with E-state index in [0.29, 0.717) is 11.5 Å². The lowest BCUT2D eigenvalue weighted by Crippen LogP contribution is -2.24. The average molecular weight is 302 g/mol. The number of benzene rings is 1. The summed E-state index contributed by atoms with van der Waals surface area (Å²) in [6, 6.07) is 7.13. The van der Waals surface area contributed by atoms with Crippen LogP contribution in [-0.4, -0.2) is 34.1 Å².